The molecule has 4 atom stereocenters. The van der Waals surface area contributed by atoms with Gasteiger partial charge in [-0.2, -0.15) is 26.3 Å². The van der Waals surface area contributed by atoms with Crippen molar-refractivity contribution in [2.24, 2.45) is 0 Å². The zero-order valence-electron chi connectivity index (χ0n) is 7.74. The van der Waals surface area contributed by atoms with Gasteiger partial charge in [0.25, 0.3) is 0 Å². The van der Waals surface area contributed by atoms with Crippen molar-refractivity contribution in [2.75, 3.05) is 0 Å². The van der Waals surface area contributed by atoms with E-state index in [4.69, 9.17) is 16.3 Å². The highest BCUT2D eigenvalue weighted by atomic mass is 127. The zero-order valence-corrected chi connectivity index (χ0v) is 10.7. The van der Waals surface area contributed by atoms with Crippen molar-refractivity contribution in [1.29, 1.82) is 0 Å². The molecular weight excluding hydrogens is 388 g/mol. The van der Waals surface area contributed by atoms with E-state index >= 15 is 0 Å². The van der Waals surface area contributed by atoms with Crippen LogP contribution in [0.2, 0.25) is 0 Å². The second-order valence-corrected chi connectivity index (χ2v) is 5.63. The van der Waals surface area contributed by atoms with E-state index in [1.807, 2.05) is 0 Å². The number of fused-ring (bicyclic) bond motifs is 2. The summed E-state index contributed by atoms with van der Waals surface area (Å²) in [4.78, 5) is 0. The summed E-state index contributed by atoms with van der Waals surface area (Å²) in [6.07, 6.45) is -13.5. The first-order valence-corrected chi connectivity index (χ1v) is 6.05. The van der Waals surface area contributed by atoms with Gasteiger partial charge in [0.15, 0.2) is 0 Å². The van der Waals surface area contributed by atoms with Crippen molar-refractivity contribution in [1.82, 2.24) is 0 Å². The van der Waals surface area contributed by atoms with Crippen LogP contribution in [0.3, 0.4) is 0 Å². The quantitative estimate of drug-likeness (QED) is 0.265. The van der Waals surface area contributed by atoms with E-state index in [0.717, 1.165) is 0 Å². The normalized spacial score (nSPS) is 38.1. The van der Waals surface area contributed by atoms with Crippen LogP contribution in [0.4, 0.5) is 26.3 Å². The minimum absolute atomic E-state index is 0.818. The van der Waals surface area contributed by atoms with Gasteiger partial charge in [-0.3, -0.25) is 0 Å². The molecule has 17 heavy (non-hydrogen) atoms. The number of halogens is 8. The number of hydrogen-bond donors (Lipinski definition) is 0. The molecule has 2 heterocycles. The van der Waals surface area contributed by atoms with Gasteiger partial charge in [-0.25, -0.2) is 0 Å². The second-order valence-electron chi connectivity index (χ2n) is 3.69. The fourth-order valence-corrected chi connectivity index (χ4v) is 3.25. The smallest absolute Gasteiger partial charge is 0.363 e. The molecule has 9 heteroatoms. The number of hydrogen-bond acceptors (Lipinski definition) is 1. The average Bonchev–Trinajstić information content (AvgIpc) is 2.62. The van der Waals surface area contributed by atoms with Crippen molar-refractivity contribution in [3.05, 3.63) is 11.1 Å². The molecule has 2 aliphatic rings. The highest BCUT2D eigenvalue weighted by Gasteiger charge is 2.64. The second kappa shape index (κ2) is 3.89. The van der Waals surface area contributed by atoms with Crippen LogP contribution >= 0.6 is 34.2 Å². The van der Waals surface area contributed by atoms with E-state index in [-0.39, 0.29) is 0 Å². The van der Waals surface area contributed by atoms with Crippen LogP contribution in [0.1, 0.15) is 0 Å². The van der Waals surface area contributed by atoms with Crippen molar-refractivity contribution in [3.63, 3.8) is 0 Å². The van der Waals surface area contributed by atoms with E-state index in [1.54, 1.807) is 22.6 Å². The molecule has 0 aromatic carbocycles. The molecule has 2 rings (SSSR count). The molecule has 0 amide bonds. The van der Waals surface area contributed by atoms with Gasteiger partial charge in [-0.1, -0.05) is 22.6 Å². The minimum atomic E-state index is -5.08. The Morgan fingerprint density at radius 1 is 0.941 bits per heavy atom. The van der Waals surface area contributed by atoms with Crippen LogP contribution in [-0.2, 0) is 4.74 Å². The summed E-state index contributed by atoms with van der Waals surface area (Å²) >= 11 is 7.23. The average molecular weight is 392 g/mol. The SMILES string of the molecule is FC(F)(F)C1=C(C(F)(F)F)C2OC1C(Cl)C2I. The summed E-state index contributed by atoms with van der Waals surface area (Å²) in [6.45, 7) is 0. The molecule has 1 fully saturated rings. The van der Waals surface area contributed by atoms with E-state index in [0.29, 0.717) is 0 Å². The Hall–Kier alpha value is 0.300. The molecule has 0 radical (unpaired) electrons. The van der Waals surface area contributed by atoms with E-state index in [9.17, 15) is 26.3 Å². The summed E-state index contributed by atoms with van der Waals surface area (Å²) < 4.78 is 79.5. The molecular formula is C8H4ClF6IO. The Labute approximate surface area is 110 Å². The van der Waals surface area contributed by atoms with Crippen LogP contribution in [0.15, 0.2) is 11.1 Å². The standard InChI is InChI=1S/C8H4ClF6IO/c9-3-4(16)6-2(8(13,14)15)1(5(3)17-6)7(10,11)12/h3-6H. The zero-order chi connectivity index (χ0) is 13.2. The molecule has 0 saturated carbocycles. The van der Waals surface area contributed by atoms with Gasteiger partial charge in [0.1, 0.15) is 12.2 Å². The molecule has 0 aromatic rings. The third-order valence-electron chi connectivity index (χ3n) is 2.65. The Morgan fingerprint density at radius 2 is 1.35 bits per heavy atom. The lowest BCUT2D eigenvalue weighted by Crippen LogP contribution is -2.39. The fraction of sp³-hybridized carbons (Fsp3) is 0.750. The summed E-state index contributed by atoms with van der Waals surface area (Å²) in [7, 11) is 0. The van der Waals surface area contributed by atoms with Crippen molar-refractivity contribution >= 4 is 34.2 Å². The summed E-state index contributed by atoms with van der Waals surface area (Å²) in [5, 5.41) is -1.09. The molecule has 98 valence electrons. The predicted molar refractivity (Wildman–Crippen MR) is 55.2 cm³/mol. The number of alkyl halides is 8. The van der Waals surface area contributed by atoms with Crippen molar-refractivity contribution < 1.29 is 31.1 Å². The van der Waals surface area contributed by atoms with Gasteiger partial charge < -0.3 is 4.74 Å². The fourth-order valence-electron chi connectivity index (χ4n) is 2.03. The molecule has 0 aliphatic carbocycles. The van der Waals surface area contributed by atoms with Crippen LogP contribution in [-0.4, -0.2) is 33.9 Å². The first kappa shape index (κ1) is 13.7. The summed E-state index contributed by atoms with van der Waals surface area (Å²) in [5.41, 5.74) is -3.31. The largest absolute Gasteiger partial charge is 0.415 e. The Bertz CT molecular complexity index is 341. The molecule has 2 aliphatic heterocycles. The number of rotatable bonds is 0. The predicted octanol–water partition coefficient (Wildman–Crippen LogP) is 3.60. The molecule has 1 saturated heterocycles. The lowest BCUT2D eigenvalue weighted by molar-refractivity contribution is -0.117. The van der Waals surface area contributed by atoms with Crippen molar-refractivity contribution in [3.8, 4) is 0 Å². The first-order chi connectivity index (χ1) is 7.55. The van der Waals surface area contributed by atoms with Crippen LogP contribution in [0.25, 0.3) is 0 Å². The van der Waals surface area contributed by atoms with E-state index in [2.05, 4.69) is 0 Å². The van der Waals surface area contributed by atoms with E-state index < -0.39 is 45.0 Å². The summed E-state index contributed by atoms with van der Waals surface area (Å²) in [6, 6.07) is 0. The van der Waals surface area contributed by atoms with Gasteiger partial charge >= 0.3 is 12.4 Å². The van der Waals surface area contributed by atoms with Gasteiger partial charge in [0, 0.05) is 0 Å². The highest BCUT2D eigenvalue weighted by molar-refractivity contribution is 14.1. The van der Waals surface area contributed by atoms with Crippen LogP contribution in [0.5, 0.6) is 0 Å². The van der Waals surface area contributed by atoms with Gasteiger partial charge in [0.2, 0.25) is 0 Å². The molecule has 0 N–H and O–H groups in total. The van der Waals surface area contributed by atoms with Gasteiger partial charge in [0.05, 0.1) is 20.4 Å². The molecule has 0 aromatic heterocycles. The minimum Gasteiger partial charge on any atom is -0.363 e. The third-order valence-corrected chi connectivity index (χ3v) is 5.00. The topological polar surface area (TPSA) is 9.23 Å². The molecule has 4 unspecified atom stereocenters. The monoisotopic (exact) mass is 392 g/mol. The Balaban J connectivity index is 2.56. The number of ether oxygens (including phenoxy) is 1. The lowest BCUT2D eigenvalue weighted by atomic mass is 9.90. The molecule has 1 nitrogen and oxygen atoms in total. The van der Waals surface area contributed by atoms with Crippen molar-refractivity contribution in [2.45, 2.75) is 33.9 Å². The Kier molecular flexibility index (Phi) is 3.14. The Morgan fingerprint density at radius 3 is 1.76 bits per heavy atom. The first-order valence-electron chi connectivity index (χ1n) is 4.37. The maximum atomic E-state index is 12.6. The third kappa shape index (κ3) is 2.05. The van der Waals surface area contributed by atoms with Gasteiger partial charge in [-0.15, -0.1) is 11.6 Å². The van der Waals surface area contributed by atoms with Gasteiger partial charge in [-0.05, 0) is 0 Å². The maximum Gasteiger partial charge on any atom is 0.415 e. The molecule has 2 bridgehead atoms. The maximum absolute atomic E-state index is 12.6. The van der Waals surface area contributed by atoms with Crippen LogP contribution in [0, 0.1) is 0 Å². The van der Waals surface area contributed by atoms with Crippen LogP contribution < -0.4 is 0 Å². The summed E-state index contributed by atoms with van der Waals surface area (Å²) in [5.74, 6) is 0. The van der Waals surface area contributed by atoms with E-state index in [1.165, 1.54) is 0 Å². The highest BCUT2D eigenvalue weighted by Crippen LogP contribution is 2.54. The lowest BCUT2D eigenvalue weighted by Gasteiger charge is -2.26. The molecule has 0 spiro atoms.